The summed E-state index contributed by atoms with van der Waals surface area (Å²) in [5.74, 6) is 1.18. The number of rotatable bonds is 8. The number of aromatic nitrogens is 3. The van der Waals surface area contributed by atoms with Gasteiger partial charge in [-0.05, 0) is 30.3 Å². The molecule has 4 rings (SSSR count). The highest BCUT2D eigenvalue weighted by molar-refractivity contribution is 6.36. The van der Waals surface area contributed by atoms with Gasteiger partial charge in [-0.25, -0.2) is 15.0 Å². The first-order valence-electron chi connectivity index (χ1n) is 10.2. The number of nitrogens with zero attached hydrogens (tertiary/aromatic N) is 4. The maximum absolute atomic E-state index is 10.6. The molecule has 1 aromatic carbocycles. The molecule has 0 aliphatic carbocycles. The van der Waals surface area contributed by atoms with E-state index >= 15 is 0 Å². The molecule has 1 aliphatic heterocycles. The molecule has 1 fully saturated rings. The Hall–Kier alpha value is -2.85. The fourth-order valence-electron chi connectivity index (χ4n) is 3.40. The predicted molar refractivity (Wildman–Crippen MR) is 131 cm³/mol. The second-order valence-corrected chi connectivity index (χ2v) is 8.02. The molecule has 2 aromatic heterocycles. The van der Waals surface area contributed by atoms with E-state index in [9.17, 15) is 5.21 Å². The molecule has 0 saturated carbocycles. The third-order valence-electron chi connectivity index (χ3n) is 5.01. The predicted octanol–water partition coefficient (Wildman–Crippen LogP) is 3.69. The number of anilines is 4. The van der Waals surface area contributed by atoms with Crippen LogP contribution < -0.4 is 26.3 Å². The lowest BCUT2D eigenvalue weighted by Crippen LogP contribution is -2.43. The Morgan fingerprint density at radius 3 is 2.53 bits per heavy atom. The van der Waals surface area contributed by atoms with Gasteiger partial charge in [0.1, 0.15) is 11.5 Å². The van der Waals surface area contributed by atoms with Crippen LogP contribution in [0.5, 0.6) is 0 Å². The van der Waals surface area contributed by atoms with Crippen LogP contribution in [0.2, 0.25) is 10.0 Å². The molecule has 168 valence electrons. The Labute approximate surface area is 196 Å². The fraction of sp³-hybridized carbons (Fsp3) is 0.286. The van der Waals surface area contributed by atoms with Crippen molar-refractivity contribution in [3.8, 4) is 11.3 Å². The van der Waals surface area contributed by atoms with Gasteiger partial charge in [-0.2, -0.15) is 0 Å². The standard InChI is InChI=1S/C21H23Cl2N8O/c22-14-1-3-16(17(23)11-14)20-18(31-9-7-24-8-10-31)13-28-21(29-20)26-6-5-25-19-4-2-15(30-32)12-27-19/h1-4,11-13,24,30H,5-10H2,(H,25,27)(H,26,28,29)/q-1. The first-order chi connectivity index (χ1) is 15.6. The van der Waals surface area contributed by atoms with Crippen molar-refractivity contribution < 1.29 is 0 Å². The summed E-state index contributed by atoms with van der Waals surface area (Å²) < 4.78 is 0. The Bertz CT molecular complexity index is 1040. The van der Waals surface area contributed by atoms with Gasteiger partial charge in [0.25, 0.3) is 0 Å². The van der Waals surface area contributed by atoms with Gasteiger partial charge in [0.05, 0.1) is 23.1 Å². The first kappa shape index (κ1) is 22.3. The highest BCUT2D eigenvalue weighted by Crippen LogP contribution is 2.35. The van der Waals surface area contributed by atoms with Crippen molar-refractivity contribution in [2.24, 2.45) is 0 Å². The second kappa shape index (κ2) is 10.6. The number of piperazine rings is 1. The summed E-state index contributed by atoms with van der Waals surface area (Å²) in [6.07, 6.45) is 3.31. The van der Waals surface area contributed by atoms with Crippen molar-refractivity contribution in [2.75, 3.05) is 60.3 Å². The number of pyridine rings is 1. The molecule has 1 saturated heterocycles. The Morgan fingerprint density at radius 1 is 1.00 bits per heavy atom. The van der Waals surface area contributed by atoms with Crippen LogP contribution in [0.1, 0.15) is 0 Å². The maximum atomic E-state index is 10.6. The van der Waals surface area contributed by atoms with Crippen molar-refractivity contribution in [3.05, 3.63) is 58.0 Å². The van der Waals surface area contributed by atoms with Gasteiger partial charge in [-0.3, -0.25) is 0 Å². The summed E-state index contributed by atoms with van der Waals surface area (Å²) in [7, 11) is 0. The molecule has 0 unspecified atom stereocenters. The smallest absolute Gasteiger partial charge is 0.223 e. The van der Waals surface area contributed by atoms with Gasteiger partial charge in [0, 0.05) is 55.5 Å². The zero-order valence-electron chi connectivity index (χ0n) is 17.2. The third kappa shape index (κ3) is 5.49. The second-order valence-electron chi connectivity index (χ2n) is 7.18. The van der Waals surface area contributed by atoms with Gasteiger partial charge in [0.2, 0.25) is 5.95 Å². The summed E-state index contributed by atoms with van der Waals surface area (Å²) >= 11 is 12.6. The zero-order valence-corrected chi connectivity index (χ0v) is 18.7. The fourth-order valence-corrected chi connectivity index (χ4v) is 3.90. The largest absolute Gasteiger partial charge is 0.761 e. The third-order valence-corrected chi connectivity index (χ3v) is 5.56. The van der Waals surface area contributed by atoms with Crippen molar-refractivity contribution >= 4 is 46.3 Å². The van der Waals surface area contributed by atoms with Gasteiger partial charge in [-0.15, -0.1) is 0 Å². The quantitative estimate of drug-likeness (QED) is 0.287. The highest BCUT2D eigenvalue weighted by Gasteiger charge is 2.19. The number of benzene rings is 1. The number of nitrogens with one attached hydrogen (secondary N) is 4. The Balaban J connectivity index is 1.48. The minimum Gasteiger partial charge on any atom is -0.761 e. The monoisotopic (exact) mass is 473 g/mol. The first-order valence-corrected chi connectivity index (χ1v) is 11.0. The van der Waals surface area contributed by atoms with E-state index < -0.39 is 0 Å². The average Bonchev–Trinajstić information content (AvgIpc) is 2.83. The van der Waals surface area contributed by atoms with Crippen molar-refractivity contribution in [2.45, 2.75) is 0 Å². The van der Waals surface area contributed by atoms with E-state index in [0.717, 1.165) is 43.1 Å². The summed E-state index contributed by atoms with van der Waals surface area (Å²) in [4.78, 5) is 15.7. The van der Waals surface area contributed by atoms with E-state index in [2.05, 4.69) is 30.8 Å². The van der Waals surface area contributed by atoms with E-state index in [1.165, 1.54) is 6.20 Å². The van der Waals surface area contributed by atoms with Crippen LogP contribution in [0.25, 0.3) is 11.3 Å². The molecular formula is C21H23Cl2N8O-. The summed E-state index contributed by atoms with van der Waals surface area (Å²) in [6.45, 7) is 4.71. The minimum absolute atomic E-state index is 0.417. The summed E-state index contributed by atoms with van der Waals surface area (Å²) in [5, 5.41) is 21.5. The lowest BCUT2D eigenvalue weighted by Gasteiger charge is -2.30. The van der Waals surface area contributed by atoms with E-state index in [1.54, 1.807) is 23.7 Å². The molecule has 0 atom stereocenters. The van der Waals surface area contributed by atoms with Crippen molar-refractivity contribution in [1.82, 2.24) is 20.3 Å². The lowest BCUT2D eigenvalue weighted by molar-refractivity contribution is 0.588. The lowest BCUT2D eigenvalue weighted by atomic mass is 10.1. The molecule has 0 bridgehead atoms. The normalized spacial score (nSPS) is 13.7. The van der Waals surface area contributed by atoms with Gasteiger partial charge >= 0.3 is 0 Å². The molecule has 0 radical (unpaired) electrons. The Morgan fingerprint density at radius 2 is 1.81 bits per heavy atom. The van der Waals surface area contributed by atoms with E-state index in [0.29, 0.717) is 40.6 Å². The number of hydrogen-bond donors (Lipinski definition) is 4. The van der Waals surface area contributed by atoms with Gasteiger partial charge < -0.3 is 31.5 Å². The van der Waals surface area contributed by atoms with E-state index in [4.69, 9.17) is 28.2 Å². The van der Waals surface area contributed by atoms with Gasteiger partial charge in [0.15, 0.2) is 0 Å². The molecule has 9 nitrogen and oxygen atoms in total. The molecule has 32 heavy (non-hydrogen) atoms. The van der Waals surface area contributed by atoms with Crippen LogP contribution in [0.3, 0.4) is 0 Å². The number of halogens is 2. The van der Waals surface area contributed by atoms with Crippen molar-refractivity contribution in [3.63, 3.8) is 0 Å². The van der Waals surface area contributed by atoms with Crippen LogP contribution in [0, 0.1) is 5.21 Å². The van der Waals surface area contributed by atoms with Crippen LogP contribution in [-0.2, 0) is 0 Å². The number of hydrogen-bond acceptors (Lipinski definition) is 9. The van der Waals surface area contributed by atoms with Gasteiger partial charge in [-0.1, -0.05) is 23.2 Å². The average molecular weight is 474 g/mol. The van der Waals surface area contributed by atoms with E-state index in [1.807, 2.05) is 18.3 Å². The minimum atomic E-state index is 0.417. The molecule has 0 amide bonds. The van der Waals surface area contributed by atoms with Crippen LogP contribution in [0.4, 0.5) is 23.1 Å². The highest BCUT2D eigenvalue weighted by atomic mass is 35.5. The topological polar surface area (TPSA) is 113 Å². The molecule has 1 aliphatic rings. The Kier molecular flexibility index (Phi) is 7.43. The molecule has 3 aromatic rings. The molecule has 4 N–H and O–H groups in total. The molecule has 0 spiro atoms. The SMILES string of the molecule is [O-]Nc1ccc(NCCNc2ncc(N3CCNCC3)c(-c3ccc(Cl)cc3Cl)n2)nc1. The summed E-state index contributed by atoms with van der Waals surface area (Å²) in [6, 6.07) is 8.81. The summed E-state index contributed by atoms with van der Waals surface area (Å²) in [5.41, 5.74) is 4.74. The van der Waals surface area contributed by atoms with E-state index in [-0.39, 0.29) is 0 Å². The van der Waals surface area contributed by atoms with Crippen LogP contribution >= 0.6 is 23.2 Å². The van der Waals surface area contributed by atoms with Crippen LogP contribution in [0.15, 0.2) is 42.7 Å². The molecule has 11 heteroatoms. The zero-order chi connectivity index (χ0) is 22.3. The molecular weight excluding hydrogens is 451 g/mol. The van der Waals surface area contributed by atoms with Crippen LogP contribution in [-0.4, -0.2) is 54.2 Å². The maximum Gasteiger partial charge on any atom is 0.223 e. The van der Waals surface area contributed by atoms with Crippen molar-refractivity contribution in [1.29, 1.82) is 0 Å². The molecule has 3 heterocycles.